The maximum absolute atomic E-state index is 7.01. The Kier molecular flexibility index (Phi) is 8.98. The fourth-order valence-corrected chi connectivity index (χ4v) is 5.94. The van der Waals surface area contributed by atoms with Gasteiger partial charge in [0, 0.05) is 5.56 Å². The van der Waals surface area contributed by atoms with Gasteiger partial charge in [0.15, 0.2) is 5.75 Å². The van der Waals surface area contributed by atoms with Crippen LogP contribution in [0.5, 0.6) is 11.5 Å². The Morgan fingerprint density at radius 3 is 2.36 bits per heavy atom. The zero-order chi connectivity index (χ0) is 26.7. The van der Waals surface area contributed by atoms with Gasteiger partial charge in [-0.1, -0.05) is 94.8 Å². The van der Waals surface area contributed by atoms with Crippen LogP contribution in [0, 0.1) is 12.8 Å². The molecule has 1 aliphatic rings. The Hall–Kier alpha value is -2.26. The van der Waals surface area contributed by atoms with E-state index in [1.807, 2.05) is 0 Å². The molecule has 0 fully saturated rings. The number of hydrogen-bond donors (Lipinski definition) is 0. The van der Waals surface area contributed by atoms with Gasteiger partial charge in [-0.05, 0) is 86.2 Å². The van der Waals surface area contributed by atoms with Gasteiger partial charge < -0.3 is 9.16 Å². The summed E-state index contributed by atoms with van der Waals surface area (Å²) in [4.78, 5) is 0. The van der Waals surface area contributed by atoms with Gasteiger partial charge in [-0.3, -0.25) is 0 Å². The minimum absolute atomic E-state index is 0.116. The predicted octanol–water partition coefficient (Wildman–Crippen LogP) is 10.1. The van der Waals surface area contributed by atoms with E-state index in [0.29, 0.717) is 24.4 Å². The maximum Gasteiger partial charge on any atom is 0.250 e. The first-order valence-electron chi connectivity index (χ1n) is 13.7. The molecule has 0 aliphatic heterocycles. The van der Waals surface area contributed by atoms with E-state index in [1.54, 1.807) is 0 Å². The average Bonchev–Trinajstić information content (AvgIpc) is 2.78. The molecule has 196 valence electrons. The van der Waals surface area contributed by atoms with Crippen LogP contribution in [-0.2, 0) is 6.61 Å². The zero-order valence-corrected chi connectivity index (χ0v) is 25.4. The molecule has 3 heteroatoms. The first-order valence-corrected chi connectivity index (χ1v) is 16.6. The third kappa shape index (κ3) is 6.53. The van der Waals surface area contributed by atoms with Crippen molar-refractivity contribution in [1.82, 2.24) is 0 Å². The topological polar surface area (TPSA) is 18.5 Å². The molecule has 2 nitrogen and oxygen atoms in total. The van der Waals surface area contributed by atoms with E-state index in [-0.39, 0.29) is 5.04 Å². The molecule has 0 heterocycles. The largest absolute Gasteiger partial charge is 0.541 e. The average molecular weight is 505 g/mol. The molecule has 2 aromatic carbocycles. The summed E-state index contributed by atoms with van der Waals surface area (Å²) in [5.74, 6) is 3.34. The smallest absolute Gasteiger partial charge is 0.250 e. The molecule has 0 saturated heterocycles. The van der Waals surface area contributed by atoms with Crippen molar-refractivity contribution in [1.29, 1.82) is 0 Å². The number of benzene rings is 2. The van der Waals surface area contributed by atoms with Crippen LogP contribution in [0.1, 0.15) is 95.4 Å². The maximum atomic E-state index is 7.01. The fraction of sp³-hybridized carbons (Fsp3) is 0.515. The molecule has 0 spiro atoms. The predicted molar refractivity (Wildman–Crippen MR) is 158 cm³/mol. The summed E-state index contributed by atoms with van der Waals surface area (Å²) in [5, 5.41) is 0.116. The minimum atomic E-state index is -2.05. The lowest BCUT2D eigenvalue weighted by Crippen LogP contribution is -2.44. The van der Waals surface area contributed by atoms with Crippen molar-refractivity contribution in [3.8, 4) is 11.5 Å². The third-order valence-electron chi connectivity index (χ3n) is 8.16. The van der Waals surface area contributed by atoms with E-state index in [2.05, 4.69) is 123 Å². The minimum Gasteiger partial charge on any atom is -0.541 e. The Balaban J connectivity index is 2.12. The van der Waals surface area contributed by atoms with Crippen LogP contribution in [0.3, 0.4) is 0 Å². The van der Waals surface area contributed by atoms with E-state index >= 15 is 0 Å². The van der Waals surface area contributed by atoms with Gasteiger partial charge >= 0.3 is 0 Å². The van der Waals surface area contributed by atoms with Crippen LogP contribution in [-0.4, -0.2) is 8.32 Å². The molecule has 0 radical (unpaired) electrons. The number of fused-ring (bicyclic) bond motifs is 1. The van der Waals surface area contributed by atoms with Gasteiger partial charge in [0.05, 0.1) is 0 Å². The quantitative estimate of drug-likeness (QED) is 0.263. The number of aryl methyl sites for hydroxylation is 1. The van der Waals surface area contributed by atoms with Gasteiger partial charge in [-0.25, -0.2) is 0 Å². The van der Waals surface area contributed by atoms with Crippen molar-refractivity contribution in [3.63, 3.8) is 0 Å². The van der Waals surface area contributed by atoms with Gasteiger partial charge in [0.1, 0.15) is 12.4 Å². The molecule has 0 unspecified atom stereocenters. The molecule has 0 N–H and O–H groups in total. The van der Waals surface area contributed by atoms with E-state index < -0.39 is 8.32 Å². The molecule has 0 saturated carbocycles. The van der Waals surface area contributed by atoms with Gasteiger partial charge in [-0.15, -0.1) is 0 Å². The number of hydrogen-bond acceptors (Lipinski definition) is 2. The highest BCUT2D eigenvalue weighted by Gasteiger charge is 2.41. The van der Waals surface area contributed by atoms with Crippen molar-refractivity contribution in [2.75, 3.05) is 0 Å². The van der Waals surface area contributed by atoms with Crippen LogP contribution in [0.15, 0.2) is 60.2 Å². The first kappa shape index (κ1) is 28.3. The molecule has 3 rings (SSSR count). The first-order chi connectivity index (χ1) is 16.8. The standard InChI is InChI=1S/C33H48O2Si/c1-23(2)15-14-16-24(3)28-20-19-25(4)30-29(28)21-26(5)31(35-36(9,10)33(6,7)8)32(30)34-22-27-17-12-11-13-18-27/h11-18,21,24-25,28H,19-20,22H2,1-10H3/b16-14+/t24-,25-,28+/m0/s1. The molecule has 0 amide bonds. The highest BCUT2D eigenvalue weighted by atomic mass is 28.4. The second-order valence-electron chi connectivity index (χ2n) is 12.6. The monoisotopic (exact) mass is 504 g/mol. The van der Waals surface area contributed by atoms with Crippen molar-refractivity contribution >= 4 is 8.32 Å². The summed E-state index contributed by atoms with van der Waals surface area (Å²) in [6, 6.07) is 12.9. The lowest BCUT2D eigenvalue weighted by Gasteiger charge is -2.40. The molecular weight excluding hydrogens is 456 g/mol. The second kappa shape index (κ2) is 11.4. The lowest BCUT2D eigenvalue weighted by molar-refractivity contribution is 0.284. The van der Waals surface area contributed by atoms with Gasteiger partial charge in [0.25, 0.3) is 8.32 Å². The normalized spacial score (nSPS) is 19.1. The number of rotatable bonds is 8. The Morgan fingerprint density at radius 2 is 1.75 bits per heavy atom. The Morgan fingerprint density at radius 1 is 1.08 bits per heavy atom. The molecule has 0 aromatic heterocycles. The zero-order valence-electron chi connectivity index (χ0n) is 24.4. The van der Waals surface area contributed by atoms with E-state index in [0.717, 1.165) is 11.5 Å². The summed E-state index contributed by atoms with van der Waals surface area (Å²) < 4.78 is 13.8. The summed E-state index contributed by atoms with van der Waals surface area (Å²) in [5.41, 5.74) is 6.52. The molecule has 1 aliphatic carbocycles. The highest BCUT2D eigenvalue weighted by Crippen LogP contribution is 2.52. The molecule has 36 heavy (non-hydrogen) atoms. The summed E-state index contributed by atoms with van der Waals surface area (Å²) in [6.07, 6.45) is 9.18. The molecule has 0 bridgehead atoms. The van der Waals surface area contributed by atoms with Crippen molar-refractivity contribution in [2.45, 2.75) is 105 Å². The molecule has 3 atom stereocenters. The Labute approximate surface area is 221 Å². The third-order valence-corrected chi connectivity index (χ3v) is 12.5. The van der Waals surface area contributed by atoms with Crippen molar-refractivity contribution in [3.05, 3.63) is 82.5 Å². The number of allylic oxidation sites excluding steroid dienone is 4. The highest BCUT2D eigenvalue weighted by molar-refractivity contribution is 6.74. The number of ether oxygens (including phenoxy) is 1. The molecule has 2 aromatic rings. The van der Waals surface area contributed by atoms with Gasteiger partial charge in [-0.2, -0.15) is 0 Å². The van der Waals surface area contributed by atoms with Crippen LogP contribution < -0.4 is 9.16 Å². The van der Waals surface area contributed by atoms with E-state index in [1.165, 1.54) is 40.7 Å². The van der Waals surface area contributed by atoms with Crippen LogP contribution in [0.4, 0.5) is 0 Å². The summed E-state index contributed by atoms with van der Waals surface area (Å²) >= 11 is 0. The van der Waals surface area contributed by atoms with E-state index in [4.69, 9.17) is 9.16 Å². The SMILES string of the molecule is CC(C)=C/C=C/[C@H](C)[C@H]1CC[C@H](C)c2c1cc(C)c(O[Si](C)(C)C(C)(C)C)c2OCc1ccccc1. The summed E-state index contributed by atoms with van der Waals surface area (Å²) in [7, 11) is -2.05. The lowest BCUT2D eigenvalue weighted by atomic mass is 9.71. The summed E-state index contributed by atoms with van der Waals surface area (Å²) in [6.45, 7) is 23.3. The fourth-order valence-electron chi connectivity index (χ4n) is 4.87. The second-order valence-corrected chi connectivity index (χ2v) is 17.3. The van der Waals surface area contributed by atoms with Crippen molar-refractivity contribution in [2.24, 2.45) is 5.92 Å². The van der Waals surface area contributed by atoms with Gasteiger partial charge in [0.2, 0.25) is 0 Å². The van der Waals surface area contributed by atoms with Crippen LogP contribution >= 0.6 is 0 Å². The van der Waals surface area contributed by atoms with Crippen molar-refractivity contribution < 1.29 is 9.16 Å². The van der Waals surface area contributed by atoms with Crippen LogP contribution in [0.25, 0.3) is 0 Å². The van der Waals surface area contributed by atoms with E-state index in [9.17, 15) is 0 Å². The van der Waals surface area contributed by atoms with Crippen LogP contribution in [0.2, 0.25) is 18.1 Å². The Bertz CT molecular complexity index is 1080. The molecular formula is C33H48O2Si.